The maximum atomic E-state index is 14.5. The van der Waals surface area contributed by atoms with Crippen molar-refractivity contribution in [2.75, 3.05) is 5.32 Å². The molecule has 1 aliphatic carbocycles. The van der Waals surface area contributed by atoms with E-state index in [1.165, 1.54) is 12.4 Å². The fraction of sp³-hybridized carbons (Fsp3) is 0.240. The number of halogens is 1. The molecule has 0 aliphatic heterocycles. The van der Waals surface area contributed by atoms with Gasteiger partial charge in [-0.15, -0.1) is 10.2 Å². The van der Waals surface area contributed by atoms with Gasteiger partial charge in [-0.3, -0.25) is 4.79 Å². The van der Waals surface area contributed by atoms with Gasteiger partial charge in [-0.1, -0.05) is 24.3 Å². The number of carbonyl (C=O) groups excluding carboxylic acids is 1. The Morgan fingerprint density at radius 2 is 2.00 bits per heavy atom. The van der Waals surface area contributed by atoms with Crippen molar-refractivity contribution < 1.29 is 14.3 Å². The summed E-state index contributed by atoms with van der Waals surface area (Å²) in [7, 11) is 1.85. The molecule has 2 heterocycles. The molecule has 178 valence electrons. The molecule has 0 spiro atoms. The Morgan fingerprint density at radius 1 is 1.17 bits per heavy atom. The van der Waals surface area contributed by atoms with Crippen LogP contribution in [0.1, 0.15) is 34.6 Å². The minimum Gasteiger partial charge on any atom is -0.393 e. The van der Waals surface area contributed by atoms with Crippen LogP contribution in [0, 0.1) is 5.82 Å². The molecule has 4 aromatic rings. The topological polar surface area (TPSA) is 118 Å². The molecule has 3 N–H and O–H groups in total. The number of aliphatic hydroxyl groups excluding tert-OH is 1. The van der Waals surface area contributed by atoms with Crippen molar-refractivity contribution in [3.8, 4) is 11.5 Å². The van der Waals surface area contributed by atoms with E-state index in [0.717, 1.165) is 5.69 Å². The van der Waals surface area contributed by atoms with Crippen LogP contribution in [0.3, 0.4) is 0 Å². The molecule has 10 heteroatoms. The lowest BCUT2D eigenvalue weighted by Crippen LogP contribution is -2.57. The zero-order chi connectivity index (χ0) is 24.4. The van der Waals surface area contributed by atoms with E-state index in [1.54, 1.807) is 48.7 Å². The molecule has 35 heavy (non-hydrogen) atoms. The normalized spacial score (nSPS) is 19.1. The standard InChI is InChI=1S/C25H24FN7O2/c1-33-22(31-32-23(33)21-9-10-27-15-29-21)14-28-17-6-4-5-16(11-17)24(35)30-25(12-18(34)13-25)19-7-2-3-8-20(19)26/h2-11,15,18,28,34H,12-14H2,1H3,(H,30,35)/t18-,25+. The number of anilines is 1. The Labute approximate surface area is 201 Å². The number of aliphatic hydroxyl groups is 1. The van der Waals surface area contributed by atoms with Crippen LogP contribution in [-0.2, 0) is 19.1 Å². The Bertz CT molecular complexity index is 1350. The third kappa shape index (κ3) is 4.47. The van der Waals surface area contributed by atoms with Crippen molar-refractivity contribution in [2.24, 2.45) is 7.05 Å². The van der Waals surface area contributed by atoms with Crippen LogP contribution in [0.2, 0.25) is 0 Å². The highest BCUT2D eigenvalue weighted by Gasteiger charge is 2.47. The molecule has 0 saturated heterocycles. The molecule has 0 unspecified atom stereocenters. The summed E-state index contributed by atoms with van der Waals surface area (Å²) >= 11 is 0. The van der Waals surface area contributed by atoms with Gasteiger partial charge >= 0.3 is 0 Å². The number of hydrogen-bond acceptors (Lipinski definition) is 7. The van der Waals surface area contributed by atoms with Crippen LogP contribution in [0.5, 0.6) is 0 Å². The summed E-state index contributed by atoms with van der Waals surface area (Å²) in [6.45, 7) is 0.380. The maximum absolute atomic E-state index is 14.5. The van der Waals surface area contributed by atoms with Gasteiger partial charge in [-0.25, -0.2) is 14.4 Å². The summed E-state index contributed by atoms with van der Waals surface area (Å²) in [5.74, 6) is 0.572. The number of amides is 1. The second-order valence-electron chi connectivity index (χ2n) is 8.61. The molecule has 2 aromatic carbocycles. The average Bonchev–Trinajstić information content (AvgIpc) is 3.22. The van der Waals surface area contributed by atoms with Gasteiger partial charge in [0.25, 0.3) is 5.91 Å². The van der Waals surface area contributed by atoms with E-state index in [9.17, 15) is 14.3 Å². The highest BCUT2D eigenvalue weighted by atomic mass is 19.1. The van der Waals surface area contributed by atoms with Crippen LogP contribution < -0.4 is 10.6 Å². The monoisotopic (exact) mass is 473 g/mol. The Kier molecular flexibility index (Phi) is 5.96. The number of nitrogens with one attached hydrogen (secondary N) is 2. The smallest absolute Gasteiger partial charge is 0.252 e. The molecule has 1 amide bonds. The first-order valence-corrected chi connectivity index (χ1v) is 11.2. The summed E-state index contributed by atoms with van der Waals surface area (Å²) in [4.78, 5) is 21.2. The lowest BCUT2D eigenvalue weighted by molar-refractivity contribution is -0.000602. The molecule has 0 radical (unpaired) electrons. The number of benzene rings is 2. The largest absolute Gasteiger partial charge is 0.393 e. The summed E-state index contributed by atoms with van der Waals surface area (Å²) in [6, 6.07) is 15.1. The second-order valence-corrected chi connectivity index (χ2v) is 8.61. The molecular weight excluding hydrogens is 449 g/mol. The Hall–Kier alpha value is -4.18. The predicted octanol–water partition coefficient (Wildman–Crippen LogP) is 2.80. The van der Waals surface area contributed by atoms with E-state index in [0.29, 0.717) is 35.0 Å². The lowest BCUT2D eigenvalue weighted by atomic mass is 9.69. The third-order valence-electron chi connectivity index (χ3n) is 6.26. The molecule has 1 saturated carbocycles. The van der Waals surface area contributed by atoms with Crippen LogP contribution in [0.25, 0.3) is 11.5 Å². The van der Waals surface area contributed by atoms with Crippen molar-refractivity contribution in [1.82, 2.24) is 30.0 Å². The van der Waals surface area contributed by atoms with Gasteiger partial charge in [0.1, 0.15) is 17.8 Å². The van der Waals surface area contributed by atoms with Crippen molar-refractivity contribution in [3.63, 3.8) is 0 Å². The first-order valence-electron chi connectivity index (χ1n) is 11.2. The molecule has 2 aromatic heterocycles. The third-order valence-corrected chi connectivity index (χ3v) is 6.26. The minimum absolute atomic E-state index is 0.262. The molecule has 0 bridgehead atoms. The highest BCUT2D eigenvalue weighted by molar-refractivity contribution is 5.95. The number of carbonyl (C=O) groups is 1. The number of rotatable bonds is 7. The summed E-state index contributed by atoms with van der Waals surface area (Å²) in [5.41, 5.74) is 1.27. The van der Waals surface area contributed by atoms with E-state index in [1.807, 2.05) is 17.7 Å². The Morgan fingerprint density at radius 3 is 2.74 bits per heavy atom. The quantitative estimate of drug-likeness (QED) is 0.378. The van der Waals surface area contributed by atoms with Crippen LogP contribution >= 0.6 is 0 Å². The van der Waals surface area contributed by atoms with Crippen LogP contribution in [-0.4, -0.2) is 41.9 Å². The van der Waals surface area contributed by atoms with Crippen molar-refractivity contribution in [3.05, 3.63) is 89.9 Å². The zero-order valence-corrected chi connectivity index (χ0v) is 19.0. The minimum atomic E-state index is -0.929. The van der Waals surface area contributed by atoms with E-state index in [4.69, 9.17) is 0 Å². The molecular formula is C25H24FN7O2. The first kappa shape index (κ1) is 22.6. The average molecular weight is 474 g/mol. The van der Waals surface area contributed by atoms with E-state index >= 15 is 0 Å². The zero-order valence-electron chi connectivity index (χ0n) is 19.0. The first-order chi connectivity index (χ1) is 16.9. The second kappa shape index (κ2) is 9.22. The summed E-state index contributed by atoms with van der Waals surface area (Å²) < 4.78 is 16.3. The van der Waals surface area contributed by atoms with Crippen molar-refractivity contribution in [1.29, 1.82) is 0 Å². The molecule has 5 rings (SSSR count). The number of nitrogens with zero attached hydrogens (tertiary/aromatic N) is 5. The van der Waals surface area contributed by atoms with Crippen LogP contribution in [0.15, 0.2) is 67.1 Å². The molecule has 1 aliphatic rings. The predicted molar refractivity (Wildman–Crippen MR) is 127 cm³/mol. The number of aromatic nitrogens is 5. The molecule has 9 nitrogen and oxygen atoms in total. The van der Waals surface area contributed by atoms with E-state index in [-0.39, 0.29) is 18.7 Å². The fourth-order valence-corrected chi connectivity index (χ4v) is 4.39. The Balaban J connectivity index is 1.29. The lowest BCUT2D eigenvalue weighted by Gasteiger charge is -2.46. The van der Waals surface area contributed by atoms with Gasteiger partial charge in [-0.2, -0.15) is 0 Å². The van der Waals surface area contributed by atoms with Crippen molar-refractivity contribution >= 4 is 11.6 Å². The number of hydrogen-bond donors (Lipinski definition) is 3. The van der Waals surface area contributed by atoms with Gasteiger partial charge in [0.05, 0.1) is 18.2 Å². The van der Waals surface area contributed by atoms with Gasteiger partial charge < -0.3 is 20.3 Å². The summed E-state index contributed by atoms with van der Waals surface area (Å²) in [6.07, 6.45) is 3.05. The van der Waals surface area contributed by atoms with Gasteiger partial charge in [0.15, 0.2) is 11.6 Å². The molecule has 1 fully saturated rings. The highest BCUT2D eigenvalue weighted by Crippen LogP contribution is 2.42. The van der Waals surface area contributed by atoms with Crippen molar-refractivity contribution in [2.45, 2.75) is 31.0 Å². The molecule has 0 atom stereocenters. The van der Waals surface area contributed by atoms with Gasteiger partial charge in [0, 0.05) is 42.9 Å². The van der Waals surface area contributed by atoms with Gasteiger partial charge in [-0.05, 0) is 30.3 Å². The van der Waals surface area contributed by atoms with Gasteiger partial charge in [0.2, 0.25) is 0 Å². The van der Waals surface area contributed by atoms with E-state index in [2.05, 4.69) is 30.8 Å². The fourth-order valence-electron chi connectivity index (χ4n) is 4.39. The van der Waals surface area contributed by atoms with Crippen LogP contribution in [0.4, 0.5) is 10.1 Å². The summed E-state index contributed by atoms with van der Waals surface area (Å²) in [5, 5.41) is 24.6. The SMILES string of the molecule is Cn1c(CNc2cccc(C(=O)N[C@]3(c4ccccc4F)C[C@H](O)C3)c2)nnc1-c1ccncn1. The van der Waals surface area contributed by atoms with E-state index < -0.39 is 17.5 Å². The maximum Gasteiger partial charge on any atom is 0.252 e.